The third-order valence-electron chi connectivity index (χ3n) is 3.07. The minimum Gasteiger partial charge on any atom is -0.480 e. The van der Waals surface area contributed by atoms with Crippen LogP contribution in [0.2, 0.25) is 5.02 Å². The summed E-state index contributed by atoms with van der Waals surface area (Å²) >= 11 is 6.07. The highest BCUT2D eigenvalue weighted by molar-refractivity contribution is 6.32. The maximum Gasteiger partial charge on any atom is 0.328 e. The van der Waals surface area contributed by atoms with E-state index in [1.54, 1.807) is 12.1 Å². The van der Waals surface area contributed by atoms with E-state index >= 15 is 0 Å². The lowest BCUT2D eigenvalue weighted by molar-refractivity contribution is -0.144. The summed E-state index contributed by atoms with van der Waals surface area (Å²) in [6.07, 6.45) is 0.357. The lowest BCUT2D eigenvalue weighted by Gasteiger charge is -2.38. The van der Waals surface area contributed by atoms with Crippen LogP contribution in [0.1, 0.15) is 12.0 Å². The van der Waals surface area contributed by atoms with Crippen molar-refractivity contribution in [2.45, 2.75) is 12.0 Å². The zero-order valence-corrected chi connectivity index (χ0v) is 9.66. The van der Waals surface area contributed by atoms with Gasteiger partial charge in [0.2, 0.25) is 0 Å². The molecule has 0 fully saturated rings. The first kappa shape index (κ1) is 11.2. The third kappa shape index (κ3) is 1.45. The molecule has 0 saturated carbocycles. The average Bonchev–Trinajstić information content (AvgIpc) is 2.23. The normalized spacial score (nSPS) is 24.1. The fourth-order valence-corrected chi connectivity index (χ4v) is 2.41. The standard InChI is InChI=1S/C11H13ClN2O2/c1-14-6-5-11(13,10(15)16)9-7(12)3-2-4-8(9)14/h2-4H,5-6,13H2,1H3,(H,15,16). The van der Waals surface area contributed by atoms with Crippen LogP contribution in [-0.4, -0.2) is 24.7 Å². The van der Waals surface area contributed by atoms with Gasteiger partial charge in [0, 0.05) is 29.9 Å². The van der Waals surface area contributed by atoms with Crippen molar-refractivity contribution in [1.82, 2.24) is 0 Å². The number of hydrogen-bond acceptors (Lipinski definition) is 3. The molecular weight excluding hydrogens is 228 g/mol. The van der Waals surface area contributed by atoms with E-state index in [0.717, 1.165) is 5.69 Å². The van der Waals surface area contributed by atoms with E-state index in [1.807, 2.05) is 18.0 Å². The Morgan fingerprint density at radius 2 is 2.31 bits per heavy atom. The van der Waals surface area contributed by atoms with Gasteiger partial charge >= 0.3 is 5.97 Å². The molecule has 1 aliphatic rings. The molecule has 0 spiro atoms. The molecule has 0 aromatic heterocycles. The van der Waals surface area contributed by atoms with Gasteiger partial charge in [-0.1, -0.05) is 17.7 Å². The number of nitrogens with zero attached hydrogens (tertiary/aromatic N) is 1. The number of halogens is 1. The smallest absolute Gasteiger partial charge is 0.328 e. The molecule has 16 heavy (non-hydrogen) atoms. The van der Waals surface area contributed by atoms with E-state index in [0.29, 0.717) is 23.6 Å². The zero-order chi connectivity index (χ0) is 11.9. The summed E-state index contributed by atoms with van der Waals surface area (Å²) in [5.74, 6) is -1.03. The molecule has 3 N–H and O–H groups in total. The number of aliphatic carboxylic acids is 1. The Bertz CT molecular complexity index is 450. The molecule has 1 unspecified atom stereocenters. The molecular formula is C11H13ClN2O2. The van der Waals surface area contributed by atoms with Crippen LogP contribution in [0, 0.1) is 0 Å². The van der Waals surface area contributed by atoms with Gasteiger partial charge in [0.1, 0.15) is 5.54 Å². The number of rotatable bonds is 1. The van der Waals surface area contributed by atoms with E-state index in [4.69, 9.17) is 17.3 Å². The molecule has 0 amide bonds. The summed E-state index contributed by atoms with van der Waals surface area (Å²) in [5.41, 5.74) is 5.90. The van der Waals surface area contributed by atoms with Crippen LogP contribution in [-0.2, 0) is 10.3 Å². The first-order chi connectivity index (χ1) is 7.47. The maximum atomic E-state index is 11.3. The van der Waals surface area contributed by atoms with Gasteiger partial charge < -0.3 is 15.7 Å². The van der Waals surface area contributed by atoms with Crippen LogP contribution >= 0.6 is 11.6 Å². The van der Waals surface area contributed by atoms with E-state index in [-0.39, 0.29) is 0 Å². The Hall–Kier alpha value is -1.26. The van der Waals surface area contributed by atoms with Crippen LogP contribution in [0.3, 0.4) is 0 Å². The minimum absolute atomic E-state index is 0.357. The van der Waals surface area contributed by atoms with E-state index in [1.165, 1.54) is 0 Å². The SMILES string of the molecule is CN1CCC(N)(C(=O)O)c2c(Cl)cccc21. The second-order valence-electron chi connectivity index (χ2n) is 4.08. The molecule has 5 heteroatoms. The first-order valence-electron chi connectivity index (χ1n) is 4.99. The van der Waals surface area contributed by atoms with Gasteiger partial charge in [-0.25, -0.2) is 4.79 Å². The minimum atomic E-state index is -1.37. The molecule has 1 heterocycles. The van der Waals surface area contributed by atoms with Crippen LogP contribution in [0.4, 0.5) is 5.69 Å². The van der Waals surface area contributed by atoms with Gasteiger partial charge in [-0.15, -0.1) is 0 Å². The summed E-state index contributed by atoms with van der Waals surface area (Å²) in [6.45, 7) is 0.607. The Balaban J connectivity index is 2.68. The topological polar surface area (TPSA) is 66.6 Å². The van der Waals surface area contributed by atoms with Gasteiger partial charge in [-0.05, 0) is 18.6 Å². The molecule has 1 aliphatic heterocycles. The van der Waals surface area contributed by atoms with Gasteiger partial charge in [-0.2, -0.15) is 0 Å². The predicted molar refractivity (Wildman–Crippen MR) is 62.8 cm³/mol. The Labute approximate surface area is 98.6 Å². The van der Waals surface area contributed by atoms with E-state index in [9.17, 15) is 9.90 Å². The van der Waals surface area contributed by atoms with Crippen molar-refractivity contribution in [3.63, 3.8) is 0 Å². The molecule has 0 bridgehead atoms. The molecule has 0 aliphatic carbocycles. The summed E-state index contributed by atoms with van der Waals surface area (Å²) in [4.78, 5) is 13.3. The summed E-state index contributed by atoms with van der Waals surface area (Å²) in [7, 11) is 1.90. The second kappa shape index (κ2) is 3.64. The molecule has 1 atom stereocenters. The number of benzene rings is 1. The fraction of sp³-hybridized carbons (Fsp3) is 0.364. The Morgan fingerprint density at radius 3 is 2.94 bits per heavy atom. The van der Waals surface area contributed by atoms with Crippen molar-refractivity contribution < 1.29 is 9.90 Å². The number of nitrogens with two attached hydrogens (primary N) is 1. The monoisotopic (exact) mass is 240 g/mol. The quantitative estimate of drug-likeness (QED) is 0.779. The zero-order valence-electron chi connectivity index (χ0n) is 8.90. The van der Waals surface area contributed by atoms with Crippen molar-refractivity contribution in [2.24, 2.45) is 5.73 Å². The lowest BCUT2D eigenvalue weighted by Crippen LogP contribution is -2.51. The van der Waals surface area contributed by atoms with Crippen molar-refractivity contribution in [3.8, 4) is 0 Å². The maximum absolute atomic E-state index is 11.3. The van der Waals surface area contributed by atoms with Crippen molar-refractivity contribution in [1.29, 1.82) is 0 Å². The highest BCUT2D eigenvalue weighted by Crippen LogP contribution is 2.40. The van der Waals surface area contributed by atoms with Gasteiger partial charge in [0.15, 0.2) is 0 Å². The van der Waals surface area contributed by atoms with Gasteiger partial charge in [0.05, 0.1) is 0 Å². The number of fused-ring (bicyclic) bond motifs is 1. The van der Waals surface area contributed by atoms with Crippen molar-refractivity contribution in [3.05, 3.63) is 28.8 Å². The van der Waals surface area contributed by atoms with Crippen molar-refractivity contribution in [2.75, 3.05) is 18.5 Å². The highest BCUT2D eigenvalue weighted by Gasteiger charge is 2.43. The Kier molecular flexibility index (Phi) is 2.56. The third-order valence-corrected chi connectivity index (χ3v) is 3.39. The molecule has 86 valence electrons. The largest absolute Gasteiger partial charge is 0.480 e. The Morgan fingerprint density at radius 1 is 1.62 bits per heavy atom. The summed E-state index contributed by atoms with van der Waals surface area (Å²) < 4.78 is 0. The van der Waals surface area contributed by atoms with Gasteiger partial charge in [0.25, 0.3) is 0 Å². The molecule has 1 aromatic rings. The molecule has 0 radical (unpaired) electrons. The number of anilines is 1. The average molecular weight is 241 g/mol. The number of carbonyl (C=O) groups is 1. The lowest BCUT2D eigenvalue weighted by atomic mass is 9.83. The molecule has 0 saturated heterocycles. The molecule has 4 nitrogen and oxygen atoms in total. The first-order valence-corrected chi connectivity index (χ1v) is 5.37. The van der Waals surface area contributed by atoms with E-state index in [2.05, 4.69) is 0 Å². The number of carboxylic acid groups (broad SMARTS) is 1. The predicted octanol–water partition coefficient (Wildman–Crippen LogP) is 1.42. The summed E-state index contributed by atoms with van der Waals surface area (Å²) in [5, 5.41) is 9.66. The number of carboxylic acids is 1. The molecule has 2 rings (SSSR count). The van der Waals surface area contributed by atoms with Crippen LogP contribution in [0.25, 0.3) is 0 Å². The van der Waals surface area contributed by atoms with Crippen LogP contribution in [0.5, 0.6) is 0 Å². The highest BCUT2D eigenvalue weighted by atomic mass is 35.5. The van der Waals surface area contributed by atoms with Crippen molar-refractivity contribution >= 4 is 23.3 Å². The van der Waals surface area contributed by atoms with Gasteiger partial charge in [-0.3, -0.25) is 0 Å². The van der Waals surface area contributed by atoms with Crippen LogP contribution < -0.4 is 10.6 Å². The van der Waals surface area contributed by atoms with Crippen LogP contribution in [0.15, 0.2) is 18.2 Å². The summed E-state index contributed by atoms with van der Waals surface area (Å²) in [6, 6.07) is 5.31. The second-order valence-corrected chi connectivity index (χ2v) is 4.49. The molecule has 1 aromatic carbocycles. The fourth-order valence-electron chi connectivity index (χ4n) is 2.08. The van der Waals surface area contributed by atoms with E-state index < -0.39 is 11.5 Å². The number of hydrogen-bond donors (Lipinski definition) is 2.